The third-order valence-electron chi connectivity index (χ3n) is 3.99. The molecule has 0 aliphatic carbocycles. The third-order valence-corrected chi connectivity index (χ3v) is 3.99. The van der Waals surface area contributed by atoms with Gasteiger partial charge in [-0.05, 0) is 31.2 Å². The first-order valence-electron chi connectivity index (χ1n) is 8.27. The smallest absolute Gasteiger partial charge is 0.243 e. The van der Waals surface area contributed by atoms with Crippen LogP contribution < -0.4 is 5.32 Å². The Morgan fingerprint density at radius 3 is 2.76 bits per heavy atom. The zero-order valence-electron chi connectivity index (χ0n) is 14.1. The topological polar surface area (TPSA) is 46.9 Å². The van der Waals surface area contributed by atoms with Gasteiger partial charge in [0.05, 0.1) is 17.6 Å². The normalized spacial score (nSPS) is 11.3. The molecule has 0 saturated carbocycles. The highest BCUT2D eigenvalue weighted by atomic mass is 19.1. The number of hydrogen-bond donors (Lipinski definition) is 1. The van der Waals surface area contributed by atoms with E-state index in [9.17, 15) is 9.18 Å². The summed E-state index contributed by atoms with van der Waals surface area (Å²) in [6, 6.07) is 14.5. The number of rotatable bonds is 6. The molecule has 0 atom stereocenters. The molecular weight excluding hydrogens is 317 g/mol. The van der Waals surface area contributed by atoms with Crippen LogP contribution >= 0.6 is 0 Å². The van der Waals surface area contributed by atoms with Crippen LogP contribution in [0.5, 0.6) is 0 Å². The number of carbonyl (C=O) groups is 1. The number of carbonyl (C=O) groups excluding carboxylic acids is 1. The van der Waals surface area contributed by atoms with Gasteiger partial charge in [-0.1, -0.05) is 36.4 Å². The number of imidazole rings is 1. The minimum atomic E-state index is -0.229. The van der Waals surface area contributed by atoms with Gasteiger partial charge in [0.1, 0.15) is 11.6 Å². The fraction of sp³-hybridized carbons (Fsp3) is 0.200. The van der Waals surface area contributed by atoms with Gasteiger partial charge in [-0.15, -0.1) is 0 Å². The standard InChI is InChI=1S/C20H20FN3O/c1-2-7-20(25)22-13-12-19-23-17-10-5-6-11-18(17)24(19)14-15-8-3-4-9-16(15)21/h2-11H,12-14H2,1H3,(H,22,25)/b7-2+. The lowest BCUT2D eigenvalue weighted by Gasteiger charge is -2.10. The van der Waals surface area contributed by atoms with Gasteiger partial charge in [0.2, 0.25) is 5.91 Å². The van der Waals surface area contributed by atoms with Crippen LogP contribution in [0.25, 0.3) is 11.0 Å². The van der Waals surface area contributed by atoms with Crippen molar-refractivity contribution < 1.29 is 9.18 Å². The second kappa shape index (κ2) is 7.75. The minimum Gasteiger partial charge on any atom is -0.352 e. The lowest BCUT2D eigenvalue weighted by Crippen LogP contribution is -2.24. The Labute approximate surface area is 146 Å². The van der Waals surface area contributed by atoms with Gasteiger partial charge in [-0.3, -0.25) is 4.79 Å². The zero-order chi connectivity index (χ0) is 17.6. The second-order valence-corrected chi connectivity index (χ2v) is 5.74. The number of allylic oxidation sites excluding steroid dienone is 1. The van der Waals surface area contributed by atoms with E-state index in [0.29, 0.717) is 25.1 Å². The summed E-state index contributed by atoms with van der Waals surface area (Å²) in [6.07, 6.45) is 3.76. The van der Waals surface area contributed by atoms with E-state index < -0.39 is 0 Å². The second-order valence-electron chi connectivity index (χ2n) is 5.74. The van der Waals surface area contributed by atoms with Gasteiger partial charge in [-0.25, -0.2) is 9.37 Å². The molecule has 0 bridgehead atoms. The van der Waals surface area contributed by atoms with Crippen LogP contribution in [0.4, 0.5) is 4.39 Å². The molecule has 0 radical (unpaired) electrons. The van der Waals surface area contributed by atoms with Crippen molar-refractivity contribution in [3.63, 3.8) is 0 Å². The molecular formula is C20H20FN3O. The SMILES string of the molecule is C/C=C/C(=O)NCCc1nc2ccccc2n1Cc1ccccc1F. The monoisotopic (exact) mass is 337 g/mol. The average Bonchev–Trinajstić information content (AvgIpc) is 2.95. The Balaban J connectivity index is 1.87. The molecule has 0 unspecified atom stereocenters. The van der Waals surface area contributed by atoms with Crippen LogP contribution in [0.2, 0.25) is 0 Å². The van der Waals surface area contributed by atoms with Crippen molar-refractivity contribution in [3.8, 4) is 0 Å². The van der Waals surface area contributed by atoms with Gasteiger partial charge < -0.3 is 9.88 Å². The van der Waals surface area contributed by atoms with E-state index in [4.69, 9.17) is 0 Å². The highest BCUT2D eigenvalue weighted by molar-refractivity contribution is 5.87. The maximum Gasteiger partial charge on any atom is 0.243 e. The number of amides is 1. The Morgan fingerprint density at radius 2 is 1.96 bits per heavy atom. The van der Waals surface area contributed by atoms with E-state index in [0.717, 1.165) is 16.9 Å². The van der Waals surface area contributed by atoms with Crippen molar-refractivity contribution in [2.45, 2.75) is 19.9 Å². The molecule has 25 heavy (non-hydrogen) atoms. The fourth-order valence-electron chi connectivity index (χ4n) is 2.80. The summed E-state index contributed by atoms with van der Waals surface area (Å²) in [5.74, 6) is 0.470. The van der Waals surface area contributed by atoms with Crippen LogP contribution in [0, 0.1) is 5.82 Å². The van der Waals surface area contributed by atoms with E-state index in [1.165, 1.54) is 12.1 Å². The molecule has 0 aliphatic rings. The Kier molecular flexibility index (Phi) is 5.23. The van der Waals surface area contributed by atoms with Crippen molar-refractivity contribution in [1.29, 1.82) is 0 Å². The van der Waals surface area contributed by atoms with E-state index in [1.54, 1.807) is 25.1 Å². The lowest BCUT2D eigenvalue weighted by atomic mass is 10.2. The summed E-state index contributed by atoms with van der Waals surface area (Å²) in [5, 5.41) is 2.83. The van der Waals surface area contributed by atoms with Crippen LogP contribution in [0.1, 0.15) is 18.3 Å². The zero-order valence-corrected chi connectivity index (χ0v) is 14.1. The molecule has 1 heterocycles. The van der Waals surface area contributed by atoms with Gasteiger partial charge in [0.25, 0.3) is 0 Å². The van der Waals surface area contributed by atoms with Gasteiger partial charge in [0.15, 0.2) is 0 Å². The van der Waals surface area contributed by atoms with E-state index >= 15 is 0 Å². The number of fused-ring (bicyclic) bond motifs is 1. The minimum absolute atomic E-state index is 0.126. The molecule has 1 amide bonds. The summed E-state index contributed by atoms with van der Waals surface area (Å²) in [4.78, 5) is 16.2. The number of nitrogens with zero attached hydrogens (tertiary/aromatic N) is 2. The van der Waals surface area contributed by atoms with Gasteiger partial charge >= 0.3 is 0 Å². The number of aromatic nitrogens is 2. The molecule has 3 rings (SSSR count). The lowest BCUT2D eigenvalue weighted by molar-refractivity contribution is -0.116. The van der Waals surface area contributed by atoms with E-state index in [2.05, 4.69) is 10.3 Å². The highest BCUT2D eigenvalue weighted by Gasteiger charge is 2.12. The largest absolute Gasteiger partial charge is 0.352 e. The quantitative estimate of drug-likeness (QED) is 0.700. The first-order chi connectivity index (χ1) is 12.2. The van der Waals surface area contributed by atoms with Crippen molar-refractivity contribution in [2.75, 3.05) is 6.54 Å². The van der Waals surface area contributed by atoms with Crippen LogP contribution in [-0.4, -0.2) is 22.0 Å². The number of para-hydroxylation sites is 2. The maximum atomic E-state index is 14.1. The first kappa shape index (κ1) is 16.9. The van der Waals surface area contributed by atoms with Crippen LogP contribution in [0.15, 0.2) is 60.7 Å². The number of benzene rings is 2. The summed E-state index contributed by atoms with van der Waals surface area (Å²) < 4.78 is 16.1. The molecule has 3 aromatic rings. The van der Waals surface area contributed by atoms with Gasteiger partial charge in [0, 0.05) is 18.5 Å². The molecule has 1 aromatic heterocycles. The Hall–Kier alpha value is -2.95. The number of nitrogens with one attached hydrogen (secondary N) is 1. The summed E-state index contributed by atoms with van der Waals surface area (Å²) >= 11 is 0. The van der Waals surface area contributed by atoms with Crippen LogP contribution in [-0.2, 0) is 17.8 Å². The van der Waals surface area contributed by atoms with Crippen molar-refractivity contribution in [3.05, 3.63) is 77.9 Å². The Morgan fingerprint density at radius 1 is 1.20 bits per heavy atom. The van der Waals surface area contributed by atoms with Gasteiger partial charge in [-0.2, -0.15) is 0 Å². The molecule has 0 spiro atoms. The van der Waals surface area contributed by atoms with Crippen LogP contribution in [0.3, 0.4) is 0 Å². The molecule has 1 N–H and O–H groups in total. The highest BCUT2D eigenvalue weighted by Crippen LogP contribution is 2.19. The molecule has 5 heteroatoms. The Bertz CT molecular complexity index is 914. The summed E-state index contributed by atoms with van der Waals surface area (Å²) in [5.41, 5.74) is 2.44. The molecule has 0 saturated heterocycles. The molecule has 0 fully saturated rings. The molecule has 0 aliphatic heterocycles. The van der Waals surface area contributed by atoms with Crippen molar-refractivity contribution in [1.82, 2.24) is 14.9 Å². The van der Waals surface area contributed by atoms with E-state index in [1.807, 2.05) is 34.9 Å². The summed E-state index contributed by atoms with van der Waals surface area (Å²) in [7, 11) is 0. The predicted octanol–water partition coefficient (Wildman–Crippen LogP) is 3.46. The molecule has 2 aromatic carbocycles. The number of halogens is 1. The predicted molar refractivity (Wildman–Crippen MR) is 96.8 cm³/mol. The fourth-order valence-corrected chi connectivity index (χ4v) is 2.80. The van der Waals surface area contributed by atoms with E-state index in [-0.39, 0.29) is 11.7 Å². The molecule has 4 nitrogen and oxygen atoms in total. The molecule has 128 valence electrons. The average molecular weight is 337 g/mol. The van der Waals surface area contributed by atoms with Crippen molar-refractivity contribution >= 4 is 16.9 Å². The maximum absolute atomic E-state index is 14.1. The van der Waals surface area contributed by atoms with Crippen molar-refractivity contribution in [2.24, 2.45) is 0 Å². The third kappa shape index (κ3) is 3.94. The number of hydrogen-bond acceptors (Lipinski definition) is 2. The first-order valence-corrected chi connectivity index (χ1v) is 8.27. The summed E-state index contributed by atoms with van der Waals surface area (Å²) in [6.45, 7) is 2.68.